The van der Waals surface area contributed by atoms with Crippen molar-refractivity contribution in [1.82, 2.24) is 4.90 Å². The van der Waals surface area contributed by atoms with Crippen LogP contribution in [0.4, 0.5) is 5.69 Å². The number of nitro groups is 1. The van der Waals surface area contributed by atoms with Gasteiger partial charge in [0.2, 0.25) is 5.91 Å². The number of hydrogen-bond acceptors (Lipinski definition) is 4. The first-order valence-electron chi connectivity index (χ1n) is 8.00. The molecule has 1 heterocycles. The van der Waals surface area contributed by atoms with Gasteiger partial charge in [0.15, 0.2) is 0 Å². The lowest BCUT2D eigenvalue weighted by molar-refractivity contribution is -0.384. The van der Waals surface area contributed by atoms with Crippen molar-refractivity contribution in [2.75, 3.05) is 7.05 Å². The molecule has 1 aliphatic rings. The molecule has 2 aromatic rings. The van der Waals surface area contributed by atoms with E-state index in [0.717, 1.165) is 17.1 Å². The highest BCUT2D eigenvalue weighted by molar-refractivity contribution is 5.78. The second-order valence-corrected chi connectivity index (χ2v) is 6.47. The first-order chi connectivity index (χ1) is 11.4. The fourth-order valence-electron chi connectivity index (χ4n) is 2.76. The third-order valence-corrected chi connectivity index (χ3v) is 4.48. The van der Waals surface area contributed by atoms with Crippen LogP contribution in [0.5, 0.6) is 0 Å². The van der Waals surface area contributed by atoms with Gasteiger partial charge < -0.3 is 9.32 Å². The highest BCUT2D eigenvalue weighted by Crippen LogP contribution is 2.47. The summed E-state index contributed by atoms with van der Waals surface area (Å²) in [7, 11) is 1.73. The molecule has 0 bridgehead atoms. The largest absolute Gasteiger partial charge is 0.464 e. The Morgan fingerprint density at radius 2 is 1.96 bits per heavy atom. The summed E-state index contributed by atoms with van der Waals surface area (Å²) in [4.78, 5) is 24.1. The molecular weight excluding hydrogens is 308 g/mol. The van der Waals surface area contributed by atoms with E-state index in [1.54, 1.807) is 24.1 Å². The van der Waals surface area contributed by atoms with Crippen molar-refractivity contribution < 1.29 is 14.1 Å². The summed E-state index contributed by atoms with van der Waals surface area (Å²) >= 11 is 0. The molecule has 1 aromatic heterocycles. The fourth-order valence-corrected chi connectivity index (χ4v) is 2.76. The first kappa shape index (κ1) is 16.2. The summed E-state index contributed by atoms with van der Waals surface area (Å²) in [6.07, 6.45) is 1.38. The summed E-state index contributed by atoms with van der Waals surface area (Å²) in [5.41, 5.74) is 0.779. The second-order valence-electron chi connectivity index (χ2n) is 6.47. The monoisotopic (exact) mass is 328 g/mol. The summed E-state index contributed by atoms with van der Waals surface area (Å²) in [6, 6.07) is 9.98. The summed E-state index contributed by atoms with van der Waals surface area (Å²) in [5.74, 6) is 2.95. The molecule has 3 rings (SSSR count). The van der Waals surface area contributed by atoms with E-state index in [4.69, 9.17) is 4.42 Å². The highest BCUT2D eigenvalue weighted by atomic mass is 16.6. The predicted octanol–water partition coefficient (Wildman–Crippen LogP) is 3.51. The van der Waals surface area contributed by atoms with Gasteiger partial charge in [-0.05, 0) is 30.0 Å². The molecule has 1 fully saturated rings. The van der Waals surface area contributed by atoms with Crippen LogP contribution in [-0.4, -0.2) is 22.8 Å². The Labute approximate surface area is 140 Å². The minimum atomic E-state index is -0.451. The number of carbonyl (C=O) groups excluding carboxylic acids is 1. The molecule has 126 valence electrons. The maximum atomic E-state index is 12.3. The predicted molar refractivity (Wildman–Crippen MR) is 88.5 cm³/mol. The first-order valence-corrected chi connectivity index (χ1v) is 8.00. The van der Waals surface area contributed by atoms with Crippen LogP contribution in [0.2, 0.25) is 0 Å². The van der Waals surface area contributed by atoms with Gasteiger partial charge in [-0.15, -0.1) is 0 Å². The van der Waals surface area contributed by atoms with Crippen molar-refractivity contribution in [3.05, 3.63) is 63.6 Å². The molecule has 1 amide bonds. The van der Waals surface area contributed by atoms with Crippen molar-refractivity contribution in [2.45, 2.75) is 32.2 Å². The van der Waals surface area contributed by atoms with Crippen LogP contribution in [0.15, 0.2) is 40.8 Å². The van der Waals surface area contributed by atoms with Gasteiger partial charge >= 0.3 is 0 Å². The molecule has 2 atom stereocenters. The molecule has 6 heteroatoms. The average Bonchev–Trinajstić information content (AvgIpc) is 3.10. The van der Waals surface area contributed by atoms with E-state index < -0.39 is 4.92 Å². The van der Waals surface area contributed by atoms with Crippen molar-refractivity contribution in [3.63, 3.8) is 0 Å². The average molecular weight is 328 g/mol. The van der Waals surface area contributed by atoms with Gasteiger partial charge in [-0.1, -0.05) is 19.1 Å². The maximum absolute atomic E-state index is 12.3. The minimum absolute atomic E-state index is 0.0250. The Morgan fingerprint density at radius 3 is 2.54 bits per heavy atom. The third kappa shape index (κ3) is 3.64. The van der Waals surface area contributed by atoms with Crippen molar-refractivity contribution in [2.24, 2.45) is 5.92 Å². The van der Waals surface area contributed by atoms with Crippen LogP contribution >= 0.6 is 0 Å². The molecule has 6 nitrogen and oxygen atoms in total. The zero-order valence-electron chi connectivity index (χ0n) is 13.8. The van der Waals surface area contributed by atoms with Crippen LogP contribution in [0.1, 0.15) is 36.3 Å². The fraction of sp³-hybridized carbons (Fsp3) is 0.389. The van der Waals surface area contributed by atoms with Gasteiger partial charge in [0, 0.05) is 25.1 Å². The number of non-ortho nitro benzene ring substituents is 1. The van der Waals surface area contributed by atoms with Crippen molar-refractivity contribution in [3.8, 4) is 0 Å². The number of amides is 1. The van der Waals surface area contributed by atoms with E-state index in [1.807, 2.05) is 12.1 Å². The van der Waals surface area contributed by atoms with Crippen LogP contribution in [-0.2, 0) is 17.8 Å². The maximum Gasteiger partial charge on any atom is 0.269 e. The number of hydrogen-bond donors (Lipinski definition) is 0. The Bertz CT molecular complexity index is 751. The molecule has 0 spiro atoms. The van der Waals surface area contributed by atoms with Gasteiger partial charge in [0.1, 0.15) is 11.5 Å². The topological polar surface area (TPSA) is 76.6 Å². The number of rotatable bonds is 6. The molecule has 1 aliphatic carbocycles. The van der Waals surface area contributed by atoms with Gasteiger partial charge in [0.25, 0.3) is 5.69 Å². The van der Waals surface area contributed by atoms with Crippen LogP contribution in [0, 0.1) is 16.0 Å². The lowest BCUT2D eigenvalue weighted by Gasteiger charge is -2.15. The summed E-state index contributed by atoms with van der Waals surface area (Å²) in [5, 5.41) is 10.6. The highest BCUT2D eigenvalue weighted by Gasteiger charge is 2.36. The Morgan fingerprint density at radius 1 is 1.29 bits per heavy atom. The lowest BCUT2D eigenvalue weighted by atomic mass is 10.1. The standard InChI is InChI=1S/C18H20N2O4/c1-12-9-16(12)17-8-7-15(24-17)11-19(2)18(21)10-13-3-5-14(6-4-13)20(22)23/h3-8,12,16H,9-11H2,1-2H3/t12-,16+/m1/s1. The lowest BCUT2D eigenvalue weighted by Crippen LogP contribution is -2.27. The van der Waals surface area contributed by atoms with Crippen molar-refractivity contribution in [1.29, 1.82) is 0 Å². The summed E-state index contributed by atoms with van der Waals surface area (Å²) in [6.45, 7) is 2.62. The smallest absolute Gasteiger partial charge is 0.269 e. The molecule has 24 heavy (non-hydrogen) atoms. The van der Waals surface area contributed by atoms with Gasteiger partial charge in [-0.3, -0.25) is 14.9 Å². The SMILES string of the molecule is C[C@@H]1C[C@@H]1c1ccc(CN(C)C(=O)Cc2ccc([N+](=O)[O-])cc2)o1. The minimum Gasteiger partial charge on any atom is -0.464 e. The number of nitro benzene ring substituents is 1. The Kier molecular flexibility index (Phi) is 4.38. The Hall–Kier alpha value is -2.63. The van der Waals surface area contributed by atoms with Crippen molar-refractivity contribution >= 4 is 11.6 Å². The normalized spacial score (nSPS) is 19.1. The third-order valence-electron chi connectivity index (χ3n) is 4.48. The zero-order chi connectivity index (χ0) is 17.3. The molecule has 0 unspecified atom stereocenters. The van der Waals surface area contributed by atoms with Gasteiger partial charge in [-0.25, -0.2) is 0 Å². The van der Waals surface area contributed by atoms with E-state index >= 15 is 0 Å². The second kappa shape index (κ2) is 6.47. The quantitative estimate of drug-likeness (QED) is 0.600. The zero-order valence-corrected chi connectivity index (χ0v) is 13.8. The molecular formula is C18H20N2O4. The van der Waals surface area contributed by atoms with Gasteiger partial charge in [-0.2, -0.15) is 0 Å². The Balaban J connectivity index is 1.56. The number of furan rings is 1. The molecule has 0 radical (unpaired) electrons. The molecule has 0 N–H and O–H groups in total. The molecule has 1 saturated carbocycles. The van der Waals surface area contributed by atoms with E-state index in [-0.39, 0.29) is 18.0 Å². The summed E-state index contributed by atoms with van der Waals surface area (Å²) < 4.78 is 5.82. The number of benzene rings is 1. The van der Waals surface area contributed by atoms with E-state index in [1.165, 1.54) is 18.6 Å². The molecule has 0 saturated heterocycles. The number of likely N-dealkylation sites (N-methyl/N-ethyl adjacent to an activating group) is 1. The molecule has 1 aromatic carbocycles. The van der Waals surface area contributed by atoms with Crippen LogP contribution < -0.4 is 0 Å². The van der Waals surface area contributed by atoms with E-state index in [0.29, 0.717) is 18.4 Å². The van der Waals surface area contributed by atoms with E-state index in [2.05, 4.69) is 6.92 Å². The number of nitrogens with zero attached hydrogens (tertiary/aromatic N) is 2. The molecule has 0 aliphatic heterocycles. The number of carbonyl (C=O) groups is 1. The van der Waals surface area contributed by atoms with Crippen LogP contribution in [0.3, 0.4) is 0 Å². The van der Waals surface area contributed by atoms with Gasteiger partial charge in [0.05, 0.1) is 17.9 Å². The van der Waals surface area contributed by atoms with Crippen LogP contribution in [0.25, 0.3) is 0 Å². The van der Waals surface area contributed by atoms with E-state index in [9.17, 15) is 14.9 Å².